The van der Waals surface area contributed by atoms with E-state index in [4.69, 9.17) is 20.4 Å². The summed E-state index contributed by atoms with van der Waals surface area (Å²) in [7, 11) is -1.81. The molecule has 0 fully saturated rings. The third-order valence-corrected chi connectivity index (χ3v) is 2.60. The van der Waals surface area contributed by atoms with Gasteiger partial charge in [0.2, 0.25) is 0 Å². The second-order valence-corrected chi connectivity index (χ2v) is 3.87. The van der Waals surface area contributed by atoms with Gasteiger partial charge in [0.15, 0.2) is 0 Å². The molecule has 2 aromatic rings. The fraction of sp³-hybridized carbons (Fsp3) is 0.0769. The minimum Gasteiger partial charge on any atom is -0.512 e. The zero-order valence-electron chi connectivity index (χ0n) is 9.78. The largest absolute Gasteiger partial charge is 0.707 e. The topological polar surface area (TPSA) is 75.7 Å². The molecule has 0 unspecified atom stereocenters. The van der Waals surface area contributed by atoms with Crippen molar-refractivity contribution in [1.29, 1.82) is 0 Å². The minimum absolute atomic E-state index is 0.408. The van der Waals surface area contributed by atoms with E-state index in [1.807, 2.05) is 30.3 Å². The highest BCUT2D eigenvalue weighted by Gasteiger charge is 2.11. The van der Waals surface area contributed by atoms with Crippen molar-refractivity contribution in [1.82, 2.24) is 0 Å². The van der Waals surface area contributed by atoms with Crippen molar-refractivity contribution >= 4 is 7.32 Å². The summed E-state index contributed by atoms with van der Waals surface area (Å²) >= 11 is 0. The van der Waals surface area contributed by atoms with Gasteiger partial charge in [0.05, 0.1) is 0 Å². The third-order valence-electron chi connectivity index (χ3n) is 2.60. The highest BCUT2D eigenvalue weighted by molar-refractivity contribution is 6.33. The van der Waals surface area contributed by atoms with Crippen molar-refractivity contribution in [3.8, 4) is 16.9 Å². The van der Waals surface area contributed by atoms with Gasteiger partial charge in [-0.05, 0) is 28.8 Å². The number of rotatable bonds is 4. The third kappa shape index (κ3) is 3.10. The first kappa shape index (κ1) is 12.6. The smallest absolute Gasteiger partial charge is 0.512 e. The van der Waals surface area contributed by atoms with Gasteiger partial charge in [-0.1, -0.05) is 36.4 Å². The number of nitrogens with two attached hydrogens (primary N) is 1. The summed E-state index contributed by atoms with van der Waals surface area (Å²) in [5.41, 5.74) is 8.57. The van der Waals surface area contributed by atoms with Crippen LogP contribution >= 0.6 is 0 Å². The number of hydrogen-bond acceptors (Lipinski definition) is 4. The first-order chi connectivity index (χ1) is 8.69. The second-order valence-electron chi connectivity index (χ2n) is 3.87. The van der Waals surface area contributed by atoms with Crippen LogP contribution in [0.1, 0.15) is 5.56 Å². The number of benzene rings is 2. The quantitative estimate of drug-likeness (QED) is 0.704. The van der Waals surface area contributed by atoms with Crippen LogP contribution in [0.4, 0.5) is 0 Å². The summed E-state index contributed by atoms with van der Waals surface area (Å²) in [6.45, 7) is 0.514. The van der Waals surface area contributed by atoms with Crippen LogP contribution in [-0.4, -0.2) is 17.4 Å². The Balaban J connectivity index is 2.26. The molecule has 0 bridgehead atoms. The van der Waals surface area contributed by atoms with E-state index in [0.717, 1.165) is 16.7 Å². The average Bonchev–Trinajstić information content (AvgIpc) is 2.38. The van der Waals surface area contributed by atoms with Gasteiger partial charge < -0.3 is 20.4 Å². The van der Waals surface area contributed by atoms with E-state index in [0.29, 0.717) is 12.3 Å². The molecule has 0 atom stereocenters. The van der Waals surface area contributed by atoms with Crippen LogP contribution in [-0.2, 0) is 6.54 Å². The lowest BCUT2D eigenvalue weighted by Crippen LogP contribution is -2.20. The molecule has 0 aliphatic rings. The van der Waals surface area contributed by atoms with Gasteiger partial charge in [-0.3, -0.25) is 0 Å². The van der Waals surface area contributed by atoms with E-state index in [9.17, 15) is 0 Å². The maximum absolute atomic E-state index is 8.76. The fourth-order valence-corrected chi connectivity index (χ4v) is 1.70. The molecule has 0 aliphatic heterocycles. The molecule has 0 radical (unpaired) electrons. The van der Waals surface area contributed by atoms with Gasteiger partial charge in [0.1, 0.15) is 5.75 Å². The van der Waals surface area contributed by atoms with Crippen molar-refractivity contribution < 1.29 is 14.7 Å². The van der Waals surface area contributed by atoms with Crippen molar-refractivity contribution in [2.45, 2.75) is 6.54 Å². The average molecular weight is 243 g/mol. The molecule has 0 amide bonds. The molecule has 4 N–H and O–H groups in total. The van der Waals surface area contributed by atoms with Gasteiger partial charge in [0.25, 0.3) is 0 Å². The molecule has 0 saturated heterocycles. The highest BCUT2D eigenvalue weighted by Crippen LogP contribution is 2.24. The molecule has 0 aromatic heterocycles. The van der Waals surface area contributed by atoms with Gasteiger partial charge in [0, 0.05) is 6.54 Å². The lowest BCUT2D eigenvalue weighted by molar-refractivity contribution is 0.288. The van der Waals surface area contributed by atoms with E-state index in [1.54, 1.807) is 18.2 Å². The molecule has 4 nitrogen and oxygen atoms in total. The Labute approximate surface area is 106 Å². The minimum atomic E-state index is -1.81. The summed E-state index contributed by atoms with van der Waals surface area (Å²) in [5.74, 6) is 0.408. The molecule has 0 heterocycles. The molecule has 2 aromatic carbocycles. The SMILES string of the molecule is NCc1ccc(-c2cccc(OB(O)O)c2)cc1. The fourth-order valence-electron chi connectivity index (χ4n) is 1.70. The molecular weight excluding hydrogens is 229 g/mol. The van der Waals surface area contributed by atoms with E-state index < -0.39 is 7.32 Å². The summed E-state index contributed by atoms with van der Waals surface area (Å²) in [6.07, 6.45) is 0. The van der Waals surface area contributed by atoms with Crippen molar-refractivity contribution in [2.75, 3.05) is 0 Å². The van der Waals surface area contributed by atoms with E-state index in [-0.39, 0.29) is 0 Å². The van der Waals surface area contributed by atoms with Crippen LogP contribution in [0.3, 0.4) is 0 Å². The van der Waals surface area contributed by atoms with Crippen LogP contribution in [0.25, 0.3) is 11.1 Å². The summed E-state index contributed by atoms with van der Waals surface area (Å²) in [6, 6.07) is 15.0. The molecule has 2 rings (SSSR count). The van der Waals surface area contributed by atoms with Crippen LogP contribution in [0.2, 0.25) is 0 Å². The maximum atomic E-state index is 8.76. The van der Waals surface area contributed by atoms with Gasteiger partial charge >= 0.3 is 7.32 Å². The van der Waals surface area contributed by atoms with Crippen LogP contribution in [0, 0.1) is 0 Å². The molecule has 0 saturated carbocycles. The van der Waals surface area contributed by atoms with Crippen molar-refractivity contribution in [3.05, 3.63) is 54.1 Å². The summed E-state index contributed by atoms with van der Waals surface area (Å²) < 4.78 is 4.81. The van der Waals surface area contributed by atoms with Crippen molar-refractivity contribution in [2.24, 2.45) is 5.73 Å². The molecule has 92 valence electrons. The van der Waals surface area contributed by atoms with E-state index >= 15 is 0 Å². The van der Waals surface area contributed by atoms with Crippen LogP contribution < -0.4 is 10.4 Å². The standard InChI is InChI=1S/C13H14BNO3/c15-9-10-4-6-11(7-5-10)12-2-1-3-13(8-12)18-14(16)17/h1-8,16-17H,9,15H2. The second kappa shape index (κ2) is 5.68. The Morgan fingerprint density at radius 3 is 2.33 bits per heavy atom. The summed E-state index contributed by atoms with van der Waals surface area (Å²) in [4.78, 5) is 0. The number of hydrogen-bond donors (Lipinski definition) is 3. The predicted molar refractivity (Wildman–Crippen MR) is 70.6 cm³/mol. The first-order valence-electron chi connectivity index (χ1n) is 5.61. The maximum Gasteiger partial charge on any atom is 0.707 e. The Morgan fingerprint density at radius 1 is 1.00 bits per heavy atom. The van der Waals surface area contributed by atoms with E-state index in [1.165, 1.54) is 0 Å². The highest BCUT2D eigenvalue weighted by atomic mass is 16.6. The van der Waals surface area contributed by atoms with Crippen molar-refractivity contribution in [3.63, 3.8) is 0 Å². The zero-order chi connectivity index (χ0) is 13.0. The van der Waals surface area contributed by atoms with Crippen LogP contribution in [0.15, 0.2) is 48.5 Å². The first-order valence-corrected chi connectivity index (χ1v) is 5.61. The molecule has 18 heavy (non-hydrogen) atoms. The molecule has 0 spiro atoms. The molecular formula is C13H14BNO3. The zero-order valence-corrected chi connectivity index (χ0v) is 9.78. The van der Waals surface area contributed by atoms with Crippen LogP contribution in [0.5, 0.6) is 5.75 Å². The monoisotopic (exact) mass is 243 g/mol. The lowest BCUT2D eigenvalue weighted by Gasteiger charge is -2.07. The van der Waals surface area contributed by atoms with Gasteiger partial charge in [-0.2, -0.15) is 0 Å². The Kier molecular flexibility index (Phi) is 3.99. The molecule has 5 heteroatoms. The Hall–Kier alpha value is -1.82. The predicted octanol–water partition coefficient (Wildman–Crippen LogP) is 1.16. The normalized spacial score (nSPS) is 10.2. The lowest BCUT2D eigenvalue weighted by atomic mass is 10.0. The molecule has 0 aliphatic carbocycles. The van der Waals surface area contributed by atoms with Gasteiger partial charge in [-0.15, -0.1) is 0 Å². The summed E-state index contributed by atoms with van der Waals surface area (Å²) in [5, 5.41) is 17.5. The Morgan fingerprint density at radius 2 is 1.72 bits per heavy atom. The van der Waals surface area contributed by atoms with Gasteiger partial charge in [-0.25, -0.2) is 0 Å². The van der Waals surface area contributed by atoms with E-state index in [2.05, 4.69) is 0 Å². The Bertz CT molecular complexity index is 514.